The van der Waals surface area contributed by atoms with Gasteiger partial charge in [-0.3, -0.25) is 0 Å². The highest BCUT2D eigenvalue weighted by atomic mass is 16.4. The molecule has 1 aliphatic carbocycles. The molecule has 0 heterocycles. The van der Waals surface area contributed by atoms with Gasteiger partial charge in [0.05, 0.1) is 6.04 Å². The minimum Gasteiger partial charge on any atom is -0.409 e. The zero-order chi connectivity index (χ0) is 8.97. The number of nitrogens with one attached hydrogen (secondary N) is 1. The highest BCUT2D eigenvalue weighted by Gasteiger charge is 2.18. The summed E-state index contributed by atoms with van der Waals surface area (Å²) in [6.45, 7) is 2.88. The van der Waals surface area contributed by atoms with E-state index in [9.17, 15) is 0 Å². The standard InChI is InChI=1S/C8H17N3O/c1-6(8(9)11-12)10-5-7-3-2-4-7/h6-7,10,12H,2-5H2,1H3,(H2,9,11). The van der Waals surface area contributed by atoms with Crippen LogP contribution in [0.1, 0.15) is 26.2 Å². The quantitative estimate of drug-likeness (QED) is 0.250. The molecule has 0 bridgehead atoms. The van der Waals surface area contributed by atoms with E-state index in [-0.39, 0.29) is 11.9 Å². The molecule has 4 heteroatoms. The number of amidine groups is 1. The second-order valence-corrected chi connectivity index (χ2v) is 3.45. The largest absolute Gasteiger partial charge is 0.409 e. The summed E-state index contributed by atoms with van der Waals surface area (Å²) in [7, 11) is 0. The molecule has 0 saturated heterocycles. The van der Waals surface area contributed by atoms with Gasteiger partial charge in [0.1, 0.15) is 0 Å². The van der Waals surface area contributed by atoms with Crippen LogP contribution in [0.5, 0.6) is 0 Å². The smallest absolute Gasteiger partial charge is 0.156 e. The number of nitrogens with two attached hydrogens (primary N) is 1. The highest BCUT2D eigenvalue weighted by Crippen LogP contribution is 2.25. The summed E-state index contributed by atoms with van der Waals surface area (Å²) in [6, 6.07) is -0.0180. The molecule has 1 fully saturated rings. The molecule has 0 aromatic carbocycles. The average molecular weight is 171 g/mol. The molecular weight excluding hydrogens is 154 g/mol. The van der Waals surface area contributed by atoms with Crippen LogP contribution in [0, 0.1) is 5.92 Å². The lowest BCUT2D eigenvalue weighted by molar-refractivity contribution is 0.294. The van der Waals surface area contributed by atoms with E-state index < -0.39 is 0 Å². The lowest BCUT2D eigenvalue weighted by atomic mass is 9.85. The van der Waals surface area contributed by atoms with Crippen LogP contribution in [0.3, 0.4) is 0 Å². The fraction of sp³-hybridized carbons (Fsp3) is 0.875. The van der Waals surface area contributed by atoms with Crippen LogP contribution in [0.25, 0.3) is 0 Å². The Morgan fingerprint density at radius 2 is 2.42 bits per heavy atom. The van der Waals surface area contributed by atoms with Gasteiger partial charge in [0.15, 0.2) is 5.84 Å². The number of nitrogens with zero attached hydrogens (tertiary/aromatic N) is 1. The summed E-state index contributed by atoms with van der Waals surface area (Å²) < 4.78 is 0. The Balaban J connectivity index is 2.12. The fourth-order valence-electron chi connectivity index (χ4n) is 1.23. The molecule has 70 valence electrons. The topological polar surface area (TPSA) is 70.6 Å². The third-order valence-corrected chi connectivity index (χ3v) is 2.50. The summed E-state index contributed by atoms with van der Waals surface area (Å²) in [4.78, 5) is 0. The zero-order valence-electron chi connectivity index (χ0n) is 7.45. The van der Waals surface area contributed by atoms with Crippen molar-refractivity contribution < 1.29 is 5.21 Å². The first-order valence-electron chi connectivity index (χ1n) is 4.45. The van der Waals surface area contributed by atoms with E-state index in [0.717, 1.165) is 12.5 Å². The Hall–Kier alpha value is -0.770. The van der Waals surface area contributed by atoms with Crippen molar-refractivity contribution in [2.24, 2.45) is 16.8 Å². The van der Waals surface area contributed by atoms with Gasteiger partial charge in [0, 0.05) is 0 Å². The van der Waals surface area contributed by atoms with Crippen LogP contribution in [-0.2, 0) is 0 Å². The molecule has 12 heavy (non-hydrogen) atoms. The third kappa shape index (κ3) is 2.37. The maximum absolute atomic E-state index is 8.36. The summed E-state index contributed by atoms with van der Waals surface area (Å²) >= 11 is 0. The third-order valence-electron chi connectivity index (χ3n) is 2.50. The molecule has 1 unspecified atom stereocenters. The van der Waals surface area contributed by atoms with Crippen LogP contribution < -0.4 is 11.1 Å². The van der Waals surface area contributed by atoms with Gasteiger partial charge in [-0.1, -0.05) is 11.6 Å². The van der Waals surface area contributed by atoms with E-state index >= 15 is 0 Å². The van der Waals surface area contributed by atoms with Gasteiger partial charge in [-0.15, -0.1) is 0 Å². The molecule has 0 aliphatic heterocycles. The van der Waals surface area contributed by atoms with Crippen molar-refractivity contribution in [2.75, 3.05) is 6.54 Å². The van der Waals surface area contributed by atoms with Crippen LogP contribution in [-0.4, -0.2) is 23.6 Å². The Labute approximate surface area is 72.8 Å². The maximum atomic E-state index is 8.36. The normalized spacial score (nSPS) is 21.9. The van der Waals surface area contributed by atoms with Gasteiger partial charge in [0.2, 0.25) is 0 Å². The summed E-state index contributed by atoms with van der Waals surface area (Å²) in [5.41, 5.74) is 5.40. The fourth-order valence-corrected chi connectivity index (χ4v) is 1.23. The van der Waals surface area contributed by atoms with Gasteiger partial charge in [-0.2, -0.15) is 0 Å². The first-order valence-corrected chi connectivity index (χ1v) is 4.45. The zero-order valence-corrected chi connectivity index (χ0v) is 7.45. The first-order chi connectivity index (χ1) is 5.74. The number of hydrogen-bond donors (Lipinski definition) is 3. The molecule has 0 aromatic rings. The molecule has 0 spiro atoms. The Kier molecular flexibility index (Phi) is 3.34. The minimum atomic E-state index is -0.0180. The number of rotatable bonds is 4. The SMILES string of the molecule is CC(NCC1CCC1)C(N)=NO. The van der Waals surface area contributed by atoms with Gasteiger partial charge in [-0.05, 0) is 32.2 Å². The molecular formula is C8H17N3O. The van der Waals surface area contributed by atoms with Crippen molar-refractivity contribution in [2.45, 2.75) is 32.2 Å². The molecule has 0 amide bonds. The Bertz CT molecular complexity index is 166. The minimum absolute atomic E-state index is 0.0180. The number of oxime groups is 1. The van der Waals surface area contributed by atoms with Gasteiger partial charge >= 0.3 is 0 Å². The number of hydrogen-bond acceptors (Lipinski definition) is 3. The van der Waals surface area contributed by atoms with Crippen LogP contribution >= 0.6 is 0 Å². The maximum Gasteiger partial charge on any atom is 0.156 e. The molecule has 1 saturated carbocycles. The van der Waals surface area contributed by atoms with E-state index in [2.05, 4.69) is 10.5 Å². The van der Waals surface area contributed by atoms with E-state index in [1.807, 2.05) is 6.92 Å². The summed E-state index contributed by atoms with van der Waals surface area (Å²) in [5.74, 6) is 1.06. The molecule has 1 atom stereocenters. The van der Waals surface area contributed by atoms with Crippen LogP contribution in [0.15, 0.2) is 5.16 Å². The summed E-state index contributed by atoms with van der Waals surface area (Å²) in [6.07, 6.45) is 3.98. The van der Waals surface area contributed by atoms with Crippen molar-refractivity contribution in [3.63, 3.8) is 0 Å². The van der Waals surface area contributed by atoms with Crippen LogP contribution in [0.4, 0.5) is 0 Å². The molecule has 4 nitrogen and oxygen atoms in total. The Morgan fingerprint density at radius 1 is 1.75 bits per heavy atom. The predicted octanol–water partition coefficient (Wildman–Crippen LogP) is 0.511. The molecule has 1 aliphatic rings. The second kappa shape index (κ2) is 4.30. The monoisotopic (exact) mass is 171 g/mol. The summed E-state index contributed by atoms with van der Waals surface area (Å²) in [5, 5.41) is 14.5. The van der Waals surface area contributed by atoms with E-state index in [1.165, 1.54) is 19.3 Å². The van der Waals surface area contributed by atoms with E-state index in [0.29, 0.717) is 0 Å². The average Bonchev–Trinajstić information content (AvgIpc) is 2.00. The Morgan fingerprint density at radius 3 is 2.83 bits per heavy atom. The molecule has 0 aromatic heterocycles. The molecule has 1 rings (SSSR count). The van der Waals surface area contributed by atoms with Crippen molar-refractivity contribution in [3.8, 4) is 0 Å². The molecule has 0 radical (unpaired) electrons. The first kappa shape index (κ1) is 9.32. The van der Waals surface area contributed by atoms with Gasteiger partial charge in [0.25, 0.3) is 0 Å². The highest BCUT2D eigenvalue weighted by molar-refractivity contribution is 5.84. The van der Waals surface area contributed by atoms with Crippen molar-refractivity contribution in [3.05, 3.63) is 0 Å². The predicted molar refractivity (Wildman–Crippen MR) is 48.2 cm³/mol. The van der Waals surface area contributed by atoms with Crippen molar-refractivity contribution in [1.29, 1.82) is 0 Å². The lowest BCUT2D eigenvalue weighted by Gasteiger charge is -2.26. The van der Waals surface area contributed by atoms with Gasteiger partial charge in [-0.25, -0.2) is 0 Å². The van der Waals surface area contributed by atoms with Crippen LogP contribution in [0.2, 0.25) is 0 Å². The van der Waals surface area contributed by atoms with E-state index in [4.69, 9.17) is 10.9 Å². The van der Waals surface area contributed by atoms with E-state index in [1.54, 1.807) is 0 Å². The van der Waals surface area contributed by atoms with Gasteiger partial charge < -0.3 is 16.3 Å². The molecule has 4 N–H and O–H groups in total. The van der Waals surface area contributed by atoms with Crippen molar-refractivity contribution in [1.82, 2.24) is 5.32 Å². The lowest BCUT2D eigenvalue weighted by Crippen LogP contribution is -2.42. The van der Waals surface area contributed by atoms with Crippen molar-refractivity contribution >= 4 is 5.84 Å². The second-order valence-electron chi connectivity index (χ2n) is 3.45.